The highest BCUT2D eigenvalue weighted by molar-refractivity contribution is 5.61. The van der Waals surface area contributed by atoms with Crippen LogP contribution in [-0.2, 0) is 6.54 Å². The fourth-order valence-electron chi connectivity index (χ4n) is 2.09. The number of aryl methyl sites for hydroxylation is 2. The zero-order chi connectivity index (χ0) is 13.8. The first kappa shape index (κ1) is 13.4. The molecule has 0 aliphatic heterocycles. The minimum Gasteiger partial charge on any atom is -0.379 e. The molecular formula is C16H21N3. The SMILES string of the molecule is Cc1ccc(NCc2ncccc2C)cc1N(C)C. The monoisotopic (exact) mass is 255 g/mol. The zero-order valence-corrected chi connectivity index (χ0v) is 12.1. The largest absolute Gasteiger partial charge is 0.379 e. The highest BCUT2D eigenvalue weighted by Crippen LogP contribution is 2.22. The maximum Gasteiger partial charge on any atom is 0.0623 e. The first-order valence-corrected chi connectivity index (χ1v) is 6.50. The molecule has 1 N–H and O–H groups in total. The van der Waals surface area contributed by atoms with E-state index in [-0.39, 0.29) is 0 Å². The van der Waals surface area contributed by atoms with Crippen LogP contribution in [0.4, 0.5) is 11.4 Å². The van der Waals surface area contributed by atoms with Crippen molar-refractivity contribution in [3.8, 4) is 0 Å². The van der Waals surface area contributed by atoms with Crippen molar-refractivity contribution in [2.45, 2.75) is 20.4 Å². The molecule has 0 aliphatic carbocycles. The minimum atomic E-state index is 0.753. The lowest BCUT2D eigenvalue weighted by Crippen LogP contribution is -2.11. The van der Waals surface area contributed by atoms with Gasteiger partial charge in [0.2, 0.25) is 0 Å². The van der Waals surface area contributed by atoms with Gasteiger partial charge in [0.25, 0.3) is 0 Å². The summed E-state index contributed by atoms with van der Waals surface area (Å²) in [6, 6.07) is 10.5. The van der Waals surface area contributed by atoms with Crippen molar-refractivity contribution in [2.24, 2.45) is 0 Å². The minimum absolute atomic E-state index is 0.753. The van der Waals surface area contributed by atoms with E-state index >= 15 is 0 Å². The van der Waals surface area contributed by atoms with E-state index in [1.807, 2.05) is 12.3 Å². The Morgan fingerprint density at radius 2 is 1.89 bits per heavy atom. The Hall–Kier alpha value is -2.03. The Kier molecular flexibility index (Phi) is 4.05. The molecule has 1 heterocycles. The first-order valence-electron chi connectivity index (χ1n) is 6.50. The van der Waals surface area contributed by atoms with Crippen molar-refractivity contribution in [1.82, 2.24) is 4.98 Å². The van der Waals surface area contributed by atoms with Gasteiger partial charge in [0.05, 0.1) is 12.2 Å². The van der Waals surface area contributed by atoms with Crippen LogP contribution in [-0.4, -0.2) is 19.1 Å². The molecule has 0 saturated heterocycles. The van der Waals surface area contributed by atoms with Crippen molar-refractivity contribution in [2.75, 3.05) is 24.3 Å². The molecule has 1 aromatic heterocycles. The molecule has 0 spiro atoms. The molecule has 0 saturated carbocycles. The van der Waals surface area contributed by atoms with Crippen LogP contribution >= 0.6 is 0 Å². The molecule has 0 atom stereocenters. The van der Waals surface area contributed by atoms with Crippen molar-refractivity contribution in [1.29, 1.82) is 0 Å². The number of hydrogen-bond donors (Lipinski definition) is 1. The third-order valence-corrected chi connectivity index (χ3v) is 3.27. The van der Waals surface area contributed by atoms with Gasteiger partial charge in [0.1, 0.15) is 0 Å². The first-order chi connectivity index (χ1) is 9.08. The predicted molar refractivity (Wildman–Crippen MR) is 81.8 cm³/mol. The fraction of sp³-hybridized carbons (Fsp3) is 0.312. The van der Waals surface area contributed by atoms with Crippen molar-refractivity contribution < 1.29 is 0 Å². The molecule has 2 aromatic rings. The van der Waals surface area contributed by atoms with Crippen molar-refractivity contribution in [3.05, 3.63) is 53.3 Å². The normalized spacial score (nSPS) is 10.3. The van der Waals surface area contributed by atoms with Crippen LogP contribution in [0, 0.1) is 13.8 Å². The molecule has 0 radical (unpaired) electrons. The van der Waals surface area contributed by atoms with E-state index in [2.05, 4.69) is 67.4 Å². The molecule has 3 nitrogen and oxygen atoms in total. The smallest absolute Gasteiger partial charge is 0.0623 e. The molecule has 0 bridgehead atoms. The van der Waals surface area contributed by atoms with Gasteiger partial charge in [-0.1, -0.05) is 12.1 Å². The second kappa shape index (κ2) is 5.74. The van der Waals surface area contributed by atoms with E-state index < -0.39 is 0 Å². The molecule has 0 fully saturated rings. The average molecular weight is 255 g/mol. The van der Waals surface area contributed by atoms with Crippen LogP contribution in [0.25, 0.3) is 0 Å². The lowest BCUT2D eigenvalue weighted by atomic mass is 10.1. The van der Waals surface area contributed by atoms with E-state index in [4.69, 9.17) is 0 Å². The number of rotatable bonds is 4. The highest BCUT2D eigenvalue weighted by Gasteiger charge is 2.03. The second-order valence-corrected chi connectivity index (χ2v) is 5.02. The lowest BCUT2D eigenvalue weighted by Gasteiger charge is -2.17. The summed E-state index contributed by atoms with van der Waals surface area (Å²) in [7, 11) is 4.13. The number of anilines is 2. The average Bonchev–Trinajstić information content (AvgIpc) is 2.39. The summed E-state index contributed by atoms with van der Waals surface area (Å²) in [4.78, 5) is 6.53. The van der Waals surface area contributed by atoms with Gasteiger partial charge in [-0.3, -0.25) is 4.98 Å². The topological polar surface area (TPSA) is 28.2 Å². The summed E-state index contributed by atoms with van der Waals surface area (Å²) >= 11 is 0. The molecule has 0 amide bonds. The van der Waals surface area contributed by atoms with E-state index in [1.165, 1.54) is 16.8 Å². The molecule has 3 heteroatoms. The molecule has 0 aliphatic rings. The molecule has 1 aromatic carbocycles. The van der Waals surface area contributed by atoms with Gasteiger partial charge in [-0.25, -0.2) is 0 Å². The summed E-state index contributed by atoms with van der Waals surface area (Å²) in [5.41, 5.74) is 5.95. The van der Waals surface area contributed by atoms with Gasteiger partial charge >= 0.3 is 0 Å². The molecular weight excluding hydrogens is 234 g/mol. The third kappa shape index (κ3) is 3.25. The Morgan fingerprint density at radius 1 is 1.11 bits per heavy atom. The van der Waals surface area contributed by atoms with Crippen molar-refractivity contribution >= 4 is 11.4 Å². The summed E-state index contributed by atoms with van der Waals surface area (Å²) in [5, 5.41) is 3.44. The van der Waals surface area contributed by atoms with Gasteiger partial charge in [0.15, 0.2) is 0 Å². The number of hydrogen-bond acceptors (Lipinski definition) is 3. The van der Waals surface area contributed by atoms with Crippen LogP contribution in [0.5, 0.6) is 0 Å². The fourth-order valence-corrected chi connectivity index (χ4v) is 2.09. The number of nitrogens with zero attached hydrogens (tertiary/aromatic N) is 2. The summed E-state index contributed by atoms with van der Waals surface area (Å²) in [6.45, 7) is 4.97. The quantitative estimate of drug-likeness (QED) is 0.907. The zero-order valence-electron chi connectivity index (χ0n) is 12.1. The van der Waals surface area contributed by atoms with E-state index in [9.17, 15) is 0 Å². The van der Waals surface area contributed by atoms with E-state index in [0.717, 1.165) is 17.9 Å². The summed E-state index contributed by atoms with van der Waals surface area (Å²) < 4.78 is 0. The van der Waals surface area contributed by atoms with E-state index in [1.54, 1.807) is 0 Å². The molecule has 0 unspecified atom stereocenters. The Balaban J connectivity index is 2.12. The highest BCUT2D eigenvalue weighted by atomic mass is 15.1. The van der Waals surface area contributed by atoms with Crippen LogP contribution in [0.3, 0.4) is 0 Å². The van der Waals surface area contributed by atoms with Gasteiger partial charge in [-0.15, -0.1) is 0 Å². The molecule has 19 heavy (non-hydrogen) atoms. The van der Waals surface area contributed by atoms with Crippen LogP contribution in [0.15, 0.2) is 36.5 Å². The number of benzene rings is 1. The van der Waals surface area contributed by atoms with Crippen LogP contribution in [0.1, 0.15) is 16.8 Å². The number of nitrogens with one attached hydrogen (secondary N) is 1. The Labute approximate surface area is 115 Å². The number of pyridine rings is 1. The maximum absolute atomic E-state index is 4.40. The third-order valence-electron chi connectivity index (χ3n) is 3.27. The Morgan fingerprint density at radius 3 is 2.58 bits per heavy atom. The lowest BCUT2D eigenvalue weighted by molar-refractivity contribution is 1.02. The maximum atomic E-state index is 4.40. The summed E-state index contributed by atoms with van der Waals surface area (Å²) in [5.74, 6) is 0. The second-order valence-electron chi connectivity index (χ2n) is 5.02. The van der Waals surface area contributed by atoms with Crippen LogP contribution < -0.4 is 10.2 Å². The standard InChI is InChI=1S/C16H21N3/c1-12-6-5-9-17-15(12)11-18-14-8-7-13(2)16(10-14)19(3)4/h5-10,18H,11H2,1-4H3. The predicted octanol–water partition coefficient (Wildman–Crippen LogP) is 3.38. The van der Waals surface area contributed by atoms with Crippen molar-refractivity contribution in [3.63, 3.8) is 0 Å². The van der Waals surface area contributed by atoms with Gasteiger partial charge in [0, 0.05) is 31.7 Å². The van der Waals surface area contributed by atoms with Gasteiger partial charge in [-0.05, 0) is 43.2 Å². The van der Waals surface area contributed by atoms with E-state index in [0.29, 0.717) is 0 Å². The van der Waals surface area contributed by atoms with Gasteiger partial charge < -0.3 is 10.2 Å². The Bertz CT molecular complexity index is 562. The number of aromatic nitrogens is 1. The van der Waals surface area contributed by atoms with Gasteiger partial charge in [-0.2, -0.15) is 0 Å². The molecule has 2 rings (SSSR count). The van der Waals surface area contributed by atoms with Crippen LogP contribution in [0.2, 0.25) is 0 Å². The molecule has 100 valence electrons. The summed E-state index contributed by atoms with van der Waals surface area (Å²) in [6.07, 6.45) is 1.84.